The molecule has 0 amide bonds. The second kappa shape index (κ2) is 2.49. The standard InChI is InChI=1S/C7H8N2O2/c8-5-2-1-4(7(10)11)3-6(5)9/h1-3H,8-9H2,(H,10,11)/p+2. The fourth-order valence-corrected chi connectivity index (χ4v) is 0.708. The minimum Gasteiger partial charge on any atom is -0.478 e. The number of carbonyl (C=O) groups is 1. The molecule has 1 aromatic rings. The van der Waals surface area contributed by atoms with Crippen LogP contribution in [0.3, 0.4) is 0 Å². The number of nitrogens with two attached hydrogens (primary N) is 2. The molecular formula is C7H10N2O2+2. The summed E-state index contributed by atoms with van der Waals surface area (Å²) in [5.74, 6) is -1.00. The molecule has 4 heteroatoms. The van der Waals surface area contributed by atoms with Gasteiger partial charge in [-0.25, -0.2) is 4.79 Å². The maximum atomic E-state index is 10.4. The number of hydrogen-bond acceptors (Lipinski definition) is 3. The van der Waals surface area contributed by atoms with Gasteiger partial charge in [0.15, 0.2) is 0 Å². The molecule has 0 aliphatic heterocycles. The van der Waals surface area contributed by atoms with E-state index in [4.69, 9.17) is 16.6 Å². The average Bonchev–Trinajstić information content (AvgIpc) is 1.94. The van der Waals surface area contributed by atoms with Crippen LogP contribution >= 0.6 is 0 Å². The van der Waals surface area contributed by atoms with Crippen molar-refractivity contribution in [1.29, 1.82) is 0 Å². The van der Waals surface area contributed by atoms with Crippen molar-refractivity contribution in [2.24, 2.45) is 0 Å². The first-order chi connectivity index (χ1) is 5.11. The van der Waals surface area contributed by atoms with Crippen molar-refractivity contribution in [3.8, 4) is 0 Å². The molecule has 11 heavy (non-hydrogen) atoms. The Balaban J connectivity index is 0. The lowest BCUT2D eigenvalue weighted by molar-refractivity contribution is 0.0697. The summed E-state index contributed by atoms with van der Waals surface area (Å²) in [5, 5.41) is 8.50. The van der Waals surface area contributed by atoms with Gasteiger partial charge in [0, 0.05) is 0 Å². The van der Waals surface area contributed by atoms with Gasteiger partial charge in [-0.1, -0.05) is 0 Å². The molecule has 0 spiro atoms. The number of hydrogen-bond donors (Lipinski definition) is 3. The Morgan fingerprint density at radius 1 is 1.36 bits per heavy atom. The topological polar surface area (TPSA) is 89.3 Å². The molecule has 0 bridgehead atoms. The van der Waals surface area contributed by atoms with Crippen molar-refractivity contribution < 1.29 is 12.8 Å². The number of benzene rings is 1. The van der Waals surface area contributed by atoms with Crippen LogP contribution in [-0.2, 0) is 0 Å². The van der Waals surface area contributed by atoms with Gasteiger partial charge in [-0.05, 0) is 18.2 Å². The second-order valence-corrected chi connectivity index (χ2v) is 2.15. The number of carboxylic acids is 1. The number of anilines is 2. The monoisotopic (exact) mass is 154 g/mol. The Hall–Kier alpha value is -1.71. The maximum Gasteiger partial charge on any atom is 1.00 e. The van der Waals surface area contributed by atoms with Crippen molar-refractivity contribution in [2.45, 2.75) is 0 Å². The predicted octanol–water partition coefficient (Wildman–Crippen LogP) is 0.774. The minimum absolute atomic E-state index is 0. The third-order valence-corrected chi connectivity index (χ3v) is 1.33. The van der Waals surface area contributed by atoms with Crippen molar-refractivity contribution in [3.63, 3.8) is 0 Å². The highest BCUT2D eigenvalue weighted by molar-refractivity contribution is 5.90. The SMILES string of the molecule is Nc1ccc(C(=O)O)cc1N.[H+].[H+]. The molecular weight excluding hydrogens is 144 g/mol. The second-order valence-electron chi connectivity index (χ2n) is 2.15. The average molecular weight is 154 g/mol. The van der Waals surface area contributed by atoms with E-state index < -0.39 is 5.97 Å². The van der Waals surface area contributed by atoms with Gasteiger partial charge in [-0.2, -0.15) is 0 Å². The van der Waals surface area contributed by atoms with Gasteiger partial charge in [-0.3, -0.25) is 0 Å². The van der Waals surface area contributed by atoms with E-state index in [1.807, 2.05) is 0 Å². The molecule has 0 heterocycles. The third kappa shape index (κ3) is 1.40. The fourth-order valence-electron chi connectivity index (χ4n) is 0.708. The summed E-state index contributed by atoms with van der Waals surface area (Å²) in [6.45, 7) is 0. The summed E-state index contributed by atoms with van der Waals surface area (Å²) >= 11 is 0. The maximum absolute atomic E-state index is 10.4. The van der Waals surface area contributed by atoms with E-state index in [1.54, 1.807) is 0 Å². The molecule has 0 aliphatic carbocycles. The van der Waals surface area contributed by atoms with E-state index >= 15 is 0 Å². The van der Waals surface area contributed by atoms with Gasteiger partial charge in [0.25, 0.3) is 0 Å². The molecule has 0 unspecified atom stereocenters. The number of rotatable bonds is 1. The van der Waals surface area contributed by atoms with E-state index in [0.717, 1.165) is 0 Å². The Morgan fingerprint density at radius 3 is 2.45 bits per heavy atom. The lowest BCUT2D eigenvalue weighted by Gasteiger charge is -1.99. The van der Waals surface area contributed by atoms with Gasteiger partial charge >= 0.3 is 8.82 Å². The van der Waals surface area contributed by atoms with E-state index in [2.05, 4.69) is 0 Å². The van der Waals surface area contributed by atoms with Crippen LogP contribution in [0.5, 0.6) is 0 Å². The predicted molar refractivity (Wildman–Crippen MR) is 44.5 cm³/mol. The van der Waals surface area contributed by atoms with Crippen LogP contribution in [0.25, 0.3) is 0 Å². The van der Waals surface area contributed by atoms with Crippen molar-refractivity contribution in [3.05, 3.63) is 23.8 Å². The highest BCUT2D eigenvalue weighted by Gasteiger charge is 2.03. The molecule has 4 nitrogen and oxygen atoms in total. The lowest BCUT2D eigenvalue weighted by atomic mass is 10.2. The Morgan fingerprint density at radius 2 is 2.00 bits per heavy atom. The van der Waals surface area contributed by atoms with Gasteiger partial charge in [0.2, 0.25) is 0 Å². The Kier molecular flexibility index (Phi) is 1.68. The summed E-state index contributed by atoms with van der Waals surface area (Å²) in [6.07, 6.45) is 0. The summed E-state index contributed by atoms with van der Waals surface area (Å²) in [6, 6.07) is 4.21. The van der Waals surface area contributed by atoms with Crippen LogP contribution in [0.4, 0.5) is 11.4 Å². The normalized spacial score (nSPS) is 9.45. The molecule has 0 saturated carbocycles. The fraction of sp³-hybridized carbons (Fsp3) is 0. The molecule has 1 aromatic carbocycles. The number of aromatic carboxylic acids is 1. The Bertz CT molecular complexity index is 305. The van der Waals surface area contributed by atoms with Gasteiger partial charge in [0.1, 0.15) is 0 Å². The molecule has 0 fully saturated rings. The molecule has 58 valence electrons. The van der Waals surface area contributed by atoms with E-state index in [1.165, 1.54) is 18.2 Å². The van der Waals surface area contributed by atoms with Crippen LogP contribution < -0.4 is 11.5 Å². The first-order valence-electron chi connectivity index (χ1n) is 2.99. The largest absolute Gasteiger partial charge is 1.00 e. The van der Waals surface area contributed by atoms with Crippen molar-refractivity contribution >= 4 is 17.3 Å². The highest BCUT2D eigenvalue weighted by Crippen LogP contribution is 2.15. The summed E-state index contributed by atoms with van der Waals surface area (Å²) in [5.41, 5.74) is 11.6. The minimum atomic E-state index is -1.00. The highest BCUT2D eigenvalue weighted by atomic mass is 16.4. The number of carboxylic acid groups (broad SMARTS) is 1. The molecule has 0 atom stereocenters. The third-order valence-electron chi connectivity index (χ3n) is 1.33. The van der Waals surface area contributed by atoms with E-state index in [9.17, 15) is 4.79 Å². The summed E-state index contributed by atoms with van der Waals surface area (Å²) in [4.78, 5) is 10.4. The molecule has 0 aromatic heterocycles. The summed E-state index contributed by atoms with van der Waals surface area (Å²) < 4.78 is 0. The first kappa shape index (κ1) is 7.40. The van der Waals surface area contributed by atoms with Crippen LogP contribution in [-0.4, -0.2) is 11.1 Å². The van der Waals surface area contributed by atoms with Crippen molar-refractivity contribution in [2.75, 3.05) is 11.5 Å². The summed E-state index contributed by atoms with van der Waals surface area (Å²) in [7, 11) is 0. The quantitative estimate of drug-likeness (QED) is 0.521. The van der Waals surface area contributed by atoms with Crippen LogP contribution in [0, 0.1) is 0 Å². The number of nitrogen functional groups attached to an aromatic ring is 2. The zero-order valence-corrected chi connectivity index (χ0v) is 5.74. The first-order valence-corrected chi connectivity index (χ1v) is 2.99. The molecule has 0 radical (unpaired) electrons. The zero-order valence-electron chi connectivity index (χ0n) is 7.74. The van der Waals surface area contributed by atoms with Gasteiger partial charge in [0.05, 0.1) is 16.9 Å². The van der Waals surface area contributed by atoms with Crippen LogP contribution in [0.15, 0.2) is 18.2 Å². The van der Waals surface area contributed by atoms with Gasteiger partial charge in [-0.15, -0.1) is 0 Å². The smallest absolute Gasteiger partial charge is 0.478 e. The molecule has 1 rings (SSSR count). The van der Waals surface area contributed by atoms with Crippen LogP contribution in [0.2, 0.25) is 0 Å². The van der Waals surface area contributed by atoms with E-state index in [-0.39, 0.29) is 8.42 Å². The lowest BCUT2D eigenvalue weighted by Crippen LogP contribution is -2.00. The molecule has 0 saturated heterocycles. The molecule has 5 N–H and O–H groups in total. The van der Waals surface area contributed by atoms with Crippen LogP contribution in [0.1, 0.15) is 13.2 Å². The van der Waals surface area contributed by atoms with Gasteiger partial charge < -0.3 is 16.6 Å². The van der Waals surface area contributed by atoms with E-state index in [0.29, 0.717) is 11.4 Å². The molecule has 0 aliphatic rings. The zero-order chi connectivity index (χ0) is 8.43. The Labute approximate surface area is 66.4 Å². The van der Waals surface area contributed by atoms with Crippen molar-refractivity contribution in [1.82, 2.24) is 0 Å².